The van der Waals surface area contributed by atoms with Crippen LogP contribution in [0.1, 0.15) is 74.1 Å². The van der Waals surface area contributed by atoms with Crippen LogP contribution in [0.25, 0.3) is 0 Å². The SMILES string of the molecule is CC(C)CCCCOC(=O)c1ccc(C(=O)O)cc1.CCC. The van der Waals surface area contributed by atoms with E-state index in [1.165, 1.54) is 30.7 Å². The van der Waals surface area contributed by atoms with E-state index in [0.717, 1.165) is 19.3 Å². The van der Waals surface area contributed by atoms with Crippen molar-refractivity contribution in [2.45, 2.75) is 53.4 Å². The standard InChI is InChI=1S/C15H20O4.C3H8/c1-11(2)5-3-4-10-19-15(18)13-8-6-12(7-9-13)14(16)17;1-3-2/h6-9,11H,3-5,10H2,1-2H3,(H,16,17);3H2,1-2H3. The number of carboxylic acid groups (broad SMARTS) is 1. The zero-order valence-electron chi connectivity index (χ0n) is 14.1. The molecule has 0 unspecified atom stereocenters. The Bertz CT molecular complexity index is 435. The van der Waals surface area contributed by atoms with E-state index in [1.807, 2.05) is 0 Å². The number of aromatic carboxylic acids is 1. The fourth-order valence-corrected chi connectivity index (χ4v) is 1.65. The number of hydrogen-bond donors (Lipinski definition) is 1. The maximum atomic E-state index is 11.7. The zero-order chi connectivity index (χ0) is 17.0. The first-order valence-electron chi connectivity index (χ1n) is 7.92. The van der Waals surface area contributed by atoms with Crippen molar-refractivity contribution >= 4 is 11.9 Å². The lowest BCUT2D eigenvalue weighted by molar-refractivity contribution is 0.0496. The summed E-state index contributed by atoms with van der Waals surface area (Å²) in [7, 11) is 0. The monoisotopic (exact) mass is 308 g/mol. The number of carbonyl (C=O) groups excluding carboxylic acids is 1. The average Bonchev–Trinajstić information content (AvgIpc) is 2.47. The fourth-order valence-electron chi connectivity index (χ4n) is 1.65. The van der Waals surface area contributed by atoms with Gasteiger partial charge in [0.05, 0.1) is 17.7 Å². The first kappa shape index (κ1) is 20.2. The lowest BCUT2D eigenvalue weighted by atomic mass is 10.1. The number of esters is 1. The summed E-state index contributed by atoms with van der Waals surface area (Å²) < 4.78 is 5.12. The largest absolute Gasteiger partial charge is 0.478 e. The highest BCUT2D eigenvalue weighted by Gasteiger charge is 2.08. The predicted molar refractivity (Wildman–Crippen MR) is 88.3 cm³/mol. The molecule has 1 aromatic carbocycles. The highest BCUT2D eigenvalue weighted by atomic mass is 16.5. The molecule has 0 atom stereocenters. The fraction of sp³-hybridized carbons (Fsp3) is 0.556. The minimum Gasteiger partial charge on any atom is -0.478 e. The van der Waals surface area contributed by atoms with Crippen molar-refractivity contribution in [3.63, 3.8) is 0 Å². The van der Waals surface area contributed by atoms with Gasteiger partial charge in [-0.3, -0.25) is 0 Å². The lowest BCUT2D eigenvalue weighted by Gasteiger charge is -2.06. The molecule has 0 radical (unpaired) electrons. The summed E-state index contributed by atoms with van der Waals surface area (Å²) in [6.07, 6.45) is 4.28. The molecule has 0 saturated carbocycles. The molecular weight excluding hydrogens is 280 g/mol. The third-order valence-electron chi connectivity index (χ3n) is 2.78. The first-order chi connectivity index (χ1) is 10.4. The molecule has 0 amide bonds. The molecule has 0 saturated heterocycles. The number of ether oxygens (including phenoxy) is 1. The molecule has 1 rings (SSSR count). The second-order valence-electron chi connectivity index (χ2n) is 5.62. The summed E-state index contributed by atoms with van der Waals surface area (Å²) in [4.78, 5) is 22.3. The molecule has 1 aromatic rings. The van der Waals surface area contributed by atoms with Crippen molar-refractivity contribution in [3.8, 4) is 0 Å². The Kier molecular flexibility index (Phi) is 10.8. The number of benzene rings is 1. The number of hydrogen-bond acceptors (Lipinski definition) is 3. The predicted octanol–water partition coefficient (Wildman–Crippen LogP) is 4.78. The molecule has 0 heterocycles. The van der Waals surface area contributed by atoms with E-state index in [2.05, 4.69) is 27.7 Å². The van der Waals surface area contributed by atoms with Crippen LogP contribution in [0.15, 0.2) is 24.3 Å². The van der Waals surface area contributed by atoms with Crippen molar-refractivity contribution < 1.29 is 19.4 Å². The molecule has 0 aromatic heterocycles. The van der Waals surface area contributed by atoms with Gasteiger partial charge in [-0.1, -0.05) is 40.5 Å². The van der Waals surface area contributed by atoms with Crippen molar-refractivity contribution in [1.82, 2.24) is 0 Å². The number of unbranched alkanes of at least 4 members (excludes halogenated alkanes) is 1. The normalized spacial score (nSPS) is 9.86. The van der Waals surface area contributed by atoms with Gasteiger partial charge < -0.3 is 9.84 Å². The third-order valence-corrected chi connectivity index (χ3v) is 2.78. The summed E-state index contributed by atoms with van der Waals surface area (Å²) in [5.41, 5.74) is 0.544. The van der Waals surface area contributed by atoms with Crippen LogP contribution in [0.2, 0.25) is 0 Å². The van der Waals surface area contributed by atoms with Gasteiger partial charge in [-0.15, -0.1) is 0 Å². The van der Waals surface area contributed by atoms with Crippen LogP contribution in [0.3, 0.4) is 0 Å². The summed E-state index contributed by atoms with van der Waals surface area (Å²) in [6.45, 7) is 8.98. The van der Waals surface area contributed by atoms with Crippen molar-refractivity contribution in [2.75, 3.05) is 6.61 Å². The number of rotatable bonds is 7. The van der Waals surface area contributed by atoms with Crippen molar-refractivity contribution in [1.29, 1.82) is 0 Å². The second kappa shape index (κ2) is 11.8. The summed E-state index contributed by atoms with van der Waals surface area (Å²) in [5.74, 6) is -0.741. The molecule has 0 aliphatic carbocycles. The van der Waals surface area contributed by atoms with Gasteiger partial charge in [0.25, 0.3) is 0 Å². The van der Waals surface area contributed by atoms with Crippen molar-refractivity contribution in [2.24, 2.45) is 5.92 Å². The van der Waals surface area contributed by atoms with Gasteiger partial charge in [-0.25, -0.2) is 9.59 Å². The maximum absolute atomic E-state index is 11.7. The van der Waals surface area contributed by atoms with E-state index in [9.17, 15) is 9.59 Å². The topological polar surface area (TPSA) is 63.6 Å². The van der Waals surface area contributed by atoms with Crippen LogP contribution in [-0.4, -0.2) is 23.7 Å². The maximum Gasteiger partial charge on any atom is 0.338 e. The first-order valence-corrected chi connectivity index (χ1v) is 7.92. The molecule has 0 aliphatic heterocycles. The van der Waals surface area contributed by atoms with E-state index in [4.69, 9.17) is 9.84 Å². The third kappa shape index (κ3) is 9.16. The van der Waals surface area contributed by atoms with Crippen LogP contribution in [0.4, 0.5) is 0 Å². The molecule has 4 heteroatoms. The number of carbonyl (C=O) groups is 2. The molecule has 4 nitrogen and oxygen atoms in total. The molecule has 0 fully saturated rings. The second-order valence-corrected chi connectivity index (χ2v) is 5.62. The van der Waals surface area contributed by atoms with Crippen LogP contribution in [0.5, 0.6) is 0 Å². The van der Waals surface area contributed by atoms with Gasteiger partial charge >= 0.3 is 11.9 Å². The Morgan fingerprint density at radius 3 is 2.00 bits per heavy atom. The molecular formula is C18H28O4. The smallest absolute Gasteiger partial charge is 0.338 e. The van der Waals surface area contributed by atoms with E-state index in [0.29, 0.717) is 18.1 Å². The van der Waals surface area contributed by atoms with Gasteiger partial charge in [0.15, 0.2) is 0 Å². The van der Waals surface area contributed by atoms with E-state index < -0.39 is 11.9 Å². The van der Waals surface area contributed by atoms with Crippen LogP contribution in [-0.2, 0) is 4.74 Å². The summed E-state index contributed by atoms with van der Waals surface area (Å²) in [5, 5.41) is 8.74. The van der Waals surface area contributed by atoms with Gasteiger partial charge in [-0.2, -0.15) is 0 Å². The summed E-state index contributed by atoms with van der Waals surface area (Å²) >= 11 is 0. The Labute approximate surface area is 133 Å². The van der Waals surface area contributed by atoms with E-state index in [-0.39, 0.29) is 5.56 Å². The summed E-state index contributed by atoms with van der Waals surface area (Å²) in [6, 6.07) is 5.75. The average molecular weight is 308 g/mol. The molecule has 124 valence electrons. The van der Waals surface area contributed by atoms with E-state index >= 15 is 0 Å². The minimum absolute atomic E-state index is 0.161. The molecule has 0 bridgehead atoms. The lowest BCUT2D eigenvalue weighted by Crippen LogP contribution is -2.07. The van der Waals surface area contributed by atoms with Crippen LogP contribution >= 0.6 is 0 Å². The molecule has 22 heavy (non-hydrogen) atoms. The molecule has 0 spiro atoms. The highest BCUT2D eigenvalue weighted by Crippen LogP contribution is 2.09. The van der Waals surface area contributed by atoms with Crippen LogP contribution in [0, 0.1) is 5.92 Å². The van der Waals surface area contributed by atoms with Gasteiger partial charge in [0.1, 0.15) is 0 Å². The molecule has 0 aliphatic rings. The zero-order valence-corrected chi connectivity index (χ0v) is 14.1. The van der Waals surface area contributed by atoms with Crippen molar-refractivity contribution in [3.05, 3.63) is 35.4 Å². The Hall–Kier alpha value is -1.84. The van der Waals surface area contributed by atoms with Gasteiger partial charge in [0.2, 0.25) is 0 Å². The quantitative estimate of drug-likeness (QED) is 0.581. The van der Waals surface area contributed by atoms with Crippen LogP contribution < -0.4 is 0 Å². The van der Waals surface area contributed by atoms with Gasteiger partial charge in [0, 0.05) is 0 Å². The van der Waals surface area contributed by atoms with E-state index in [1.54, 1.807) is 0 Å². The highest BCUT2D eigenvalue weighted by molar-refractivity contribution is 5.92. The minimum atomic E-state index is -1.01. The Morgan fingerprint density at radius 1 is 1.05 bits per heavy atom. The Balaban J connectivity index is 0.00000135. The number of carboxylic acids is 1. The van der Waals surface area contributed by atoms with Gasteiger partial charge in [-0.05, 0) is 43.0 Å². The Morgan fingerprint density at radius 2 is 1.55 bits per heavy atom. The molecule has 1 N–H and O–H groups in total.